The second-order valence-corrected chi connectivity index (χ2v) is 5.88. The molecule has 0 aliphatic carbocycles. The number of sulfonamides is 1. The van der Waals surface area contributed by atoms with E-state index in [2.05, 4.69) is 0 Å². The zero-order chi connectivity index (χ0) is 10.2. The van der Waals surface area contributed by atoms with Gasteiger partial charge in [0.15, 0.2) is 0 Å². The van der Waals surface area contributed by atoms with Crippen LogP contribution < -0.4 is 5.14 Å². The van der Waals surface area contributed by atoms with Crippen molar-refractivity contribution in [3.05, 3.63) is 0 Å². The van der Waals surface area contributed by atoms with Crippen LogP contribution in [0.25, 0.3) is 0 Å². The van der Waals surface area contributed by atoms with Crippen LogP contribution in [-0.4, -0.2) is 39.1 Å². The van der Waals surface area contributed by atoms with Crippen LogP contribution in [0.2, 0.25) is 0 Å². The zero-order valence-corrected chi connectivity index (χ0v) is 8.76. The van der Waals surface area contributed by atoms with E-state index in [-0.39, 0.29) is 5.60 Å². The van der Waals surface area contributed by atoms with Crippen molar-refractivity contribution in [3.8, 4) is 0 Å². The molecule has 2 aliphatic heterocycles. The molecule has 2 saturated heterocycles. The molecular weight excluding hydrogens is 206 g/mol. The Balaban J connectivity index is 2.11. The molecule has 0 aromatic rings. The molecule has 2 heterocycles. The first-order valence-corrected chi connectivity index (χ1v) is 6.36. The smallest absolute Gasteiger partial charge is 0.212 e. The number of primary sulfonamides is 1. The third-order valence-electron chi connectivity index (χ3n) is 2.98. The maximum absolute atomic E-state index is 11.2. The average Bonchev–Trinajstić information content (AvgIpc) is 2.52. The molecule has 0 aromatic heterocycles. The van der Waals surface area contributed by atoms with Gasteiger partial charge in [0.2, 0.25) is 10.0 Å². The maximum atomic E-state index is 11.2. The van der Waals surface area contributed by atoms with E-state index in [4.69, 9.17) is 14.6 Å². The summed E-state index contributed by atoms with van der Waals surface area (Å²) in [6.07, 6.45) is 1.76. The molecule has 0 radical (unpaired) electrons. The van der Waals surface area contributed by atoms with Gasteiger partial charge in [-0.2, -0.15) is 0 Å². The van der Waals surface area contributed by atoms with E-state index < -0.39 is 15.3 Å². The van der Waals surface area contributed by atoms with Gasteiger partial charge in [0.25, 0.3) is 0 Å². The van der Waals surface area contributed by atoms with Gasteiger partial charge in [0.1, 0.15) is 0 Å². The lowest BCUT2D eigenvalue weighted by molar-refractivity contribution is -0.0778. The SMILES string of the molecule is NS(=O)(=O)C1CCOC2(CCOC2)C1. The second kappa shape index (κ2) is 3.44. The van der Waals surface area contributed by atoms with Crippen molar-refractivity contribution in [1.29, 1.82) is 0 Å². The molecule has 2 atom stereocenters. The number of rotatable bonds is 1. The lowest BCUT2D eigenvalue weighted by Gasteiger charge is -2.35. The van der Waals surface area contributed by atoms with Gasteiger partial charge in [-0.1, -0.05) is 0 Å². The van der Waals surface area contributed by atoms with Crippen LogP contribution in [0.1, 0.15) is 19.3 Å². The predicted molar refractivity (Wildman–Crippen MR) is 50.2 cm³/mol. The maximum Gasteiger partial charge on any atom is 0.212 e. The molecule has 0 bridgehead atoms. The largest absolute Gasteiger partial charge is 0.378 e. The molecule has 2 fully saturated rings. The summed E-state index contributed by atoms with van der Waals surface area (Å²) in [6.45, 7) is 1.61. The Kier molecular flexibility index (Phi) is 2.55. The molecule has 2 aliphatic rings. The van der Waals surface area contributed by atoms with E-state index in [0.29, 0.717) is 32.7 Å². The van der Waals surface area contributed by atoms with Crippen LogP contribution in [0.4, 0.5) is 0 Å². The molecule has 6 heteroatoms. The minimum Gasteiger partial charge on any atom is -0.378 e. The van der Waals surface area contributed by atoms with Gasteiger partial charge in [-0.05, 0) is 12.8 Å². The first-order chi connectivity index (χ1) is 6.52. The fourth-order valence-corrected chi connectivity index (χ4v) is 3.09. The summed E-state index contributed by atoms with van der Waals surface area (Å²) in [5, 5.41) is 4.68. The van der Waals surface area contributed by atoms with Crippen molar-refractivity contribution in [1.82, 2.24) is 0 Å². The fraction of sp³-hybridized carbons (Fsp3) is 1.00. The highest BCUT2D eigenvalue weighted by molar-refractivity contribution is 7.89. The minimum absolute atomic E-state index is 0.380. The van der Waals surface area contributed by atoms with Crippen LogP contribution in [0.15, 0.2) is 0 Å². The van der Waals surface area contributed by atoms with E-state index in [9.17, 15) is 8.42 Å². The Morgan fingerprint density at radius 1 is 1.36 bits per heavy atom. The van der Waals surface area contributed by atoms with Crippen LogP contribution in [0.3, 0.4) is 0 Å². The van der Waals surface area contributed by atoms with E-state index in [1.807, 2.05) is 0 Å². The molecule has 14 heavy (non-hydrogen) atoms. The van der Waals surface area contributed by atoms with Gasteiger partial charge in [0.05, 0.1) is 17.5 Å². The molecule has 82 valence electrons. The van der Waals surface area contributed by atoms with Crippen molar-refractivity contribution in [3.63, 3.8) is 0 Å². The lowest BCUT2D eigenvalue weighted by atomic mass is 9.93. The number of ether oxygens (including phenoxy) is 2. The van der Waals surface area contributed by atoms with Crippen molar-refractivity contribution >= 4 is 10.0 Å². The summed E-state index contributed by atoms with van der Waals surface area (Å²) in [5.41, 5.74) is -0.380. The Bertz CT molecular complexity index is 307. The van der Waals surface area contributed by atoms with E-state index in [0.717, 1.165) is 6.42 Å². The Labute approximate surface area is 83.6 Å². The first-order valence-electron chi connectivity index (χ1n) is 4.75. The van der Waals surface area contributed by atoms with Gasteiger partial charge in [-0.15, -0.1) is 0 Å². The summed E-state index contributed by atoms with van der Waals surface area (Å²) < 4.78 is 33.3. The standard InChI is InChI=1S/C8H15NO4S/c9-14(10,11)7-1-3-13-8(5-7)2-4-12-6-8/h7H,1-6H2,(H2,9,10,11). The van der Waals surface area contributed by atoms with Gasteiger partial charge in [0, 0.05) is 19.6 Å². The third kappa shape index (κ3) is 1.93. The molecule has 2 unspecified atom stereocenters. The first kappa shape index (κ1) is 10.4. The van der Waals surface area contributed by atoms with Crippen molar-refractivity contribution < 1.29 is 17.9 Å². The van der Waals surface area contributed by atoms with Crippen molar-refractivity contribution in [2.24, 2.45) is 5.14 Å². The van der Waals surface area contributed by atoms with Gasteiger partial charge >= 0.3 is 0 Å². The Morgan fingerprint density at radius 2 is 2.14 bits per heavy atom. The zero-order valence-electron chi connectivity index (χ0n) is 7.94. The summed E-state index contributed by atoms with van der Waals surface area (Å²) in [7, 11) is -3.42. The van der Waals surface area contributed by atoms with E-state index in [1.165, 1.54) is 0 Å². The Hall–Kier alpha value is -0.170. The van der Waals surface area contributed by atoms with Gasteiger partial charge < -0.3 is 9.47 Å². The molecule has 0 amide bonds. The molecule has 5 nitrogen and oxygen atoms in total. The van der Waals surface area contributed by atoms with Crippen LogP contribution in [-0.2, 0) is 19.5 Å². The summed E-state index contributed by atoms with van der Waals surface area (Å²) in [6, 6.07) is 0. The number of nitrogens with two attached hydrogens (primary N) is 1. The highest BCUT2D eigenvalue weighted by Gasteiger charge is 2.43. The Morgan fingerprint density at radius 3 is 2.71 bits per heavy atom. The van der Waals surface area contributed by atoms with Crippen LogP contribution in [0, 0.1) is 0 Å². The topological polar surface area (TPSA) is 78.6 Å². The van der Waals surface area contributed by atoms with E-state index >= 15 is 0 Å². The highest BCUT2D eigenvalue weighted by Crippen LogP contribution is 2.34. The third-order valence-corrected chi connectivity index (χ3v) is 4.31. The van der Waals surface area contributed by atoms with Gasteiger partial charge in [-0.3, -0.25) is 0 Å². The van der Waals surface area contributed by atoms with E-state index in [1.54, 1.807) is 0 Å². The highest BCUT2D eigenvalue weighted by atomic mass is 32.2. The average molecular weight is 221 g/mol. The molecule has 0 saturated carbocycles. The summed E-state index contributed by atoms with van der Waals surface area (Å²) >= 11 is 0. The van der Waals surface area contributed by atoms with Crippen molar-refractivity contribution in [2.75, 3.05) is 19.8 Å². The summed E-state index contributed by atoms with van der Waals surface area (Å²) in [4.78, 5) is 0. The molecule has 1 spiro atoms. The van der Waals surface area contributed by atoms with Crippen LogP contribution in [0.5, 0.6) is 0 Å². The monoisotopic (exact) mass is 221 g/mol. The van der Waals surface area contributed by atoms with Crippen molar-refractivity contribution in [2.45, 2.75) is 30.1 Å². The molecular formula is C8H15NO4S. The fourth-order valence-electron chi connectivity index (χ4n) is 2.13. The minimum atomic E-state index is -3.42. The quantitative estimate of drug-likeness (QED) is 0.654. The second-order valence-electron chi connectivity index (χ2n) is 4.04. The lowest BCUT2D eigenvalue weighted by Crippen LogP contribution is -2.46. The molecule has 2 N–H and O–H groups in total. The van der Waals surface area contributed by atoms with Gasteiger partial charge in [-0.25, -0.2) is 13.6 Å². The number of hydrogen-bond donors (Lipinski definition) is 1. The van der Waals surface area contributed by atoms with Crippen LogP contribution >= 0.6 is 0 Å². The normalized spacial score (nSPS) is 39.1. The molecule has 2 rings (SSSR count). The predicted octanol–water partition coefficient (Wildman–Crippen LogP) is -0.387. The number of hydrogen-bond acceptors (Lipinski definition) is 4. The molecule has 0 aromatic carbocycles. The summed E-state index contributed by atoms with van der Waals surface area (Å²) in [5.74, 6) is 0.